The van der Waals surface area contributed by atoms with Crippen LogP contribution in [0.4, 0.5) is 5.69 Å². The maximum absolute atomic E-state index is 12.3. The number of aliphatic hydroxyl groups excluding tert-OH is 2. The van der Waals surface area contributed by atoms with E-state index in [9.17, 15) is 18.6 Å². The number of ether oxygens (including phenoxy) is 1. The van der Waals surface area contributed by atoms with Crippen LogP contribution in [-0.4, -0.2) is 55.3 Å². The number of hydrogen-bond acceptors (Lipinski definition) is 6. The number of sulfonamides is 1. The molecule has 7 nitrogen and oxygen atoms in total. The van der Waals surface area contributed by atoms with Crippen LogP contribution >= 0.6 is 0 Å². The van der Waals surface area contributed by atoms with Gasteiger partial charge in [-0.3, -0.25) is 0 Å². The summed E-state index contributed by atoms with van der Waals surface area (Å²) < 4.78 is 30.6. The highest BCUT2D eigenvalue weighted by Crippen LogP contribution is 2.28. The van der Waals surface area contributed by atoms with Crippen molar-refractivity contribution < 1.29 is 23.4 Å². The zero-order chi connectivity index (χ0) is 14.2. The molecule has 0 aliphatic carbocycles. The molecule has 8 heteroatoms. The molecule has 0 amide bonds. The van der Waals surface area contributed by atoms with E-state index in [1.54, 1.807) is 0 Å². The van der Waals surface area contributed by atoms with Gasteiger partial charge in [0.05, 0.1) is 25.0 Å². The van der Waals surface area contributed by atoms with E-state index in [1.807, 2.05) is 0 Å². The first-order chi connectivity index (χ1) is 8.86. The Kier molecular flexibility index (Phi) is 3.68. The summed E-state index contributed by atoms with van der Waals surface area (Å²) in [6.07, 6.45) is -2.15. The van der Waals surface area contributed by atoms with Gasteiger partial charge in [0.25, 0.3) is 0 Å². The Morgan fingerprint density at radius 2 is 1.89 bits per heavy atom. The third-order valence-electron chi connectivity index (χ3n) is 3.06. The molecule has 2 rings (SSSR count). The molecule has 4 N–H and O–H groups in total. The van der Waals surface area contributed by atoms with E-state index in [4.69, 9.17) is 10.5 Å². The average Bonchev–Trinajstić information content (AvgIpc) is 2.70. The van der Waals surface area contributed by atoms with Crippen molar-refractivity contribution in [1.82, 2.24) is 4.31 Å². The molecule has 1 aromatic rings. The monoisotopic (exact) mass is 288 g/mol. The summed E-state index contributed by atoms with van der Waals surface area (Å²) in [7, 11) is -2.37. The molecule has 1 saturated heterocycles. The van der Waals surface area contributed by atoms with Crippen LogP contribution in [0.1, 0.15) is 0 Å². The third kappa shape index (κ3) is 2.52. The lowest BCUT2D eigenvalue weighted by Gasteiger charge is -2.17. The van der Waals surface area contributed by atoms with E-state index >= 15 is 0 Å². The molecular formula is C11H16N2O5S. The normalized spacial score (nSPS) is 24.6. The lowest BCUT2D eigenvalue weighted by Crippen LogP contribution is -2.30. The van der Waals surface area contributed by atoms with Gasteiger partial charge in [0, 0.05) is 19.2 Å². The molecule has 1 aliphatic heterocycles. The lowest BCUT2D eigenvalue weighted by atomic mass is 10.3. The zero-order valence-corrected chi connectivity index (χ0v) is 11.2. The van der Waals surface area contributed by atoms with Crippen molar-refractivity contribution in [3.8, 4) is 5.75 Å². The molecule has 19 heavy (non-hydrogen) atoms. The summed E-state index contributed by atoms with van der Waals surface area (Å²) in [5, 5.41) is 18.8. The Morgan fingerprint density at radius 1 is 1.32 bits per heavy atom. The van der Waals surface area contributed by atoms with Crippen molar-refractivity contribution in [2.24, 2.45) is 0 Å². The second-order valence-electron chi connectivity index (χ2n) is 4.36. The Morgan fingerprint density at radius 3 is 2.37 bits per heavy atom. The largest absolute Gasteiger partial charge is 0.497 e. The van der Waals surface area contributed by atoms with Crippen LogP contribution in [0.5, 0.6) is 5.75 Å². The number of aliphatic hydroxyl groups is 2. The van der Waals surface area contributed by atoms with E-state index in [-0.39, 0.29) is 23.7 Å². The van der Waals surface area contributed by atoms with E-state index in [1.165, 1.54) is 25.3 Å². The van der Waals surface area contributed by atoms with Crippen LogP contribution in [0.3, 0.4) is 0 Å². The van der Waals surface area contributed by atoms with E-state index < -0.39 is 22.2 Å². The highest BCUT2D eigenvalue weighted by Gasteiger charge is 2.38. The molecule has 106 valence electrons. The Labute approximate surface area is 111 Å². The van der Waals surface area contributed by atoms with Crippen molar-refractivity contribution in [2.75, 3.05) is 25.9 Å². The predicted molar refractivity (Wildman–Crippen MR) is 68.2 cm³/mol. The summed E-state index contributed by atoms with van der Waals surface area (Å²) in [5.74, 6) is 0.456. The minimum absolute atomic E-state index is 0.0606. The van der Waals surface area contributed by atoms with Gasteiger partial charge < -0.3 is 20.7 Å². The molecule has 0 saturated carbocycles. The van der Waals surface area contributed by atoms with Gasteiger partial charge in [0.15, 0.2) is 0 Å². The van der Waals surface area contributed by atoms with Crippen molar-refractivity contribution in [2.45, 2.75) is 17.1 Å². The highest BCUT2D eigenvalue weighted by molar-refractivity contribution is 7.89. The molecule has 0 bridgehead atoms. The van der Waals surface area contributed by atoms with Crippen molar-refractivity contribution in [3.05, 3.63) is 18.2 Å². The SMILES string of the molecule is COc1ccc(S(=O)(=O)N2C[C@@H](O)[C@@H](O)C2)c(N)c1. The van der Waals surface area contributed by atoms with Gasteiger partial charge in [-0.05, 0) is 12.1 Å². The Hall–Kier alpha value is -1.35. The fourth-order valence-electron chi connectivity index (χ4n) is 1.96. The topological polar surface area (TPSA) is 113 Å². The number of nitrogens with zero attached hydrogens (tertiary/aromatic N) is 1. The molecule has 0 spiro atoms. The summed E-state index contributed by atoms with van der Waals surface area (Å²) in [6, 6.07) is 4.25. The molecule has 1 aliphatic rings. The van der Waals surface area contributed by atoms with E-state index in [0.717, 1.165) is 4.31 Å². The minimum atomic E-state index is -3.83. The molecule has 0 aromatic heterocycles. The van der Waals surface area contributed by atoms with Crippen molar-refractivity contribution in [3.63, 3.8) is 0 Å². The summed E-state index contributed by atoms with van der Waals surface area (Å²) in [4.78, 5) is -0.0606. The number of nitrogens with two attached hydrogens (primary N) is 1. The zero-order valence-electron chi connectivity index (χ0n) is 10.4. The molecule has 1 heterocycles. The van der Waals surface area contributed by atoms with Crippen molar-refractivity contribution in [1.29, 1.82) is 0 Å². The van der Waals surface area contributed by atoms with Crippen LogP contribution in [0.2, 0.25) is 0 Å². The fourth-order valence-corrected chi connectivity index (χ4v) is 3.53. The first-order valence-electron chi connectivity index (χ1n) is 5.66. The number of rotatable bonds is 3. The third-order valence-corrected chi connectivity index (χ3v) is 4.97. The van der Waals surface area contributed by atoms with Crippen molar-refractivity contribution >= 4 is 15.7 Å². The summed E-state index contributed by atoms with van der Waals surface area (Å²) in [6.45, 7) is -0.288. The smallest absolute Gasteiger partial charge is 0.245 e. The molecule has 1 fully saturated rings. The van der Waals surface area contributed by atoms with E-state index in [2.05, 4.69) is 0 Å². The Balaban J connectivity index is 2.35. The van der Waals surface area contributed by atoms with Crippen LogP contribution < -0.4 is 10.5 Å². The number of β-amino-alcohol motifs (C(OH)–C–C–N with tert-alkyl or cyclic N) is 2. The minimum Gasteiger partial charge on any atom is -0.497 e. The fraction of sp³-hybridized carbons (Fsp3) is 0.455. The molecule has 1 aromatic carbocycles. The number of hydrogen-bond donors (Lipinski definition) is 3. The van der Waals surface area contributed by atoms with E-state index in [0.29, 0.717) is 5.75 Å². The highest BCUT2D eigenvalue weighted by atomic mass is 32.2. The van der Waals surface area contributed by atoms with Gasteiger partial charge in [0.1, 0.15) is 10.6 Å². The predicted octanol–water partition coefficient (Wildman–Crippen LogP) is -0.996. The Bertz CT molecular complexity index is 564. The molecule has 0 unspecified atom stereocenters. The van der Waals surface area contributed by atoms with Crippen LogP contribution in [0, 0.1) is 0 Å². The number of benzene rings is 1. The average molecular weight is 288 g/mol. The maximum atomic E-state index is 12.3. The van der Waals surface area contributed by atoms with Crippen LogP contribution in [0.15, 0.2) is 23.1 Å². The number of anilines is 1. The standard InChI is InChI=1S/C11H16N2O5S/c1-18-7-2-3-11(8(12)4-7)19(16,17)13-5-9(14)10(15)6-13/h2-4,9-10,14-15H,5-6,12H2,1H3/t9-,10+. The summed E-state index contributed by atoms with van der Waals surface area (Å²) >= 11 is 0. The van der Waals surface area contributed by atoms with Gasteiger partial charge in [-0.15, -0.1) is 0 Å². The number of nitrogen functional groups attached to an aromatic ring is 1. The quantitative estimate of drug-likeness (QED) is 0.615. The first-order valence-corrected chi connectivity index (χ1v) is 7.10. The maximum Gasteiger partial charge on any atom is 0.245 e. The van der Waals surface area contributed by atoms with Gasteiger partial charge in [0.2, 0.25) is 10.0 Å². The van der Waals surface area contributed by atoms with Gasteiger partial charge in [-0.25, -0.2) is 8.42 Å². The molecular weight excluding hydrogens is 272 g/mol. The van der Waals surface area contributed by atoms with Gasteiger partial charge in [-0.2, -0.15) is 4.31 Å². The molecule has 0 radical (unpaired) electrons. The summed E-state index contributed by atoms with van der Waals surface area (Å²) in [5.41, 5.74) is 5.77. The number of methoxy groups -OCH3 is 1. The van der Waals surface area contributed by atoms with Gasteiger partial charge in [-0.1, -0.05) is 0 Å². The second kappa shape index (κ2) is 4.97. The lowest BCUT2D eigenvalue weighted by molar-refractivity contribution is 0.0572. The second-order valence-corrected chi connectivity index (χ2v) is 6.27. The van der Waals surface area contributed by atoms with Crippen LogP contribution in [0.25, 0.3) is 0 Å². The molecule has 2 atom stereocenters. The van der Waals surface area contributed by atoms with Crippen LogP contribution in [-0.2, 0) is 10.0 Å². The first kappa shape index (κ1) is 14.1. The van der Waals surface area contributed by atoms with Gasteiger partial charge >= 0.3 is 0 Å².